The molecule has 1 atom stereocenters. The standard InChI is InChI=1S/C12H24N4O2/c1-10(2)18-5-4-15(3)8-12(17)9-16-7-11(13)6-14-16/h6-7,10,12,17H,4-5,8-9,13H2,1-3H3. The van der Waals surface area contributed by atoms with Gasteiger partial charge in [-0.15, -0.1) is 0 Å². The monoisotopic (exact) mass is 256 g/mol. The average Bonchev–Trinajstić information content (AvgIpc) is 2.62. The van der Waals surface area contributed by atoms with Crippen LogP contribution in [0.25, 0.3) is 0 Å². The van der Waals surface area contributed by atoms with E-state index in [1.54, 1.807) is 17.1 Å². The lowest BCUT2D eigenvalue weighted by molar-refractivity contribution is 0.0487. The van der Waals surface area contributed by atoms with E-state index in [0.717, 1.165) is 6.54 Å². The van der Waals surface area contributed by atoms with Gasteiger partial charge in [0.2, 0.25) is 0 Å². The first-order valence-corrected chi connectivity index (χ1v) is 6.23. The second-order valence-electron chi connectivity index (χ2n) is 4.83. The minimum Gasteiger partial charge on any atom is -0.396 e. The maximum atomic E-state index is 9.91. The van der Waals surface area contributed by atoms with E-state index in [-0.39, 0.29) is 6.10 Å². The molecule has 0 spiro atoms. The molecule has 6 nitrogen and oxygen atoms in total. The van der Waals surface area contributed by atoms with Gasteiger partial charge in [0.1, 0.15) is 0 Å². The molecule has 0 bridgehead atoms. The van der Waals surface area contributed by atoms with Gasteiger partial charge in [0.05, 0.1) is 37.2 Å². The minimum absolute atomic E-state index is 0.246. The van der Waals surface area contributed by atoms with Crippen LogP contribution in [0.15, 0.2) is 12.4 Å². The quantitative estimate of drug-likeness (QED) is 0.694. The van der Waals surface area contributed by atoms with Gasteiger partial charge < -0.3 is 20.5 Å². The van der Waals surface area contributed by atoms with Crippen molar-refractivity contribution < 1.29 is 9.84 Å². The van der Waals surface area contributed by atoms with Crippen LogP contribution in [0.1, 0.15) is 13.8 Å². The van der Waals surface area contributed by atoms with Gasteiger partial charge in [0.25, 0.3) is 0 Å². The van der Waals surface area contributed by atoms with Crippen molar-refractivity contribution in [1.82, 2.24) is 14.7 Å². The number of likely N-dealkylation sites (N-methyl/N-ethyl adjacent to an activating group) is 1. The molecule has 6 heteroatoms. The molecular weight excluding hydrogens is 232 g/mol. The number of hydrogen-bond acceptors (Lipinski definition) is 5. The Labute approximate surface area is 108 Å². The van der Waals surface area contributed by atoms with E-state index in [4.69, 9.17) is 10.5 Å². The van der Waals surface area contributed by atoms with Crippen LogP contribution in [-0.2, 0) is 11.3 Å². The van der Waals surface area contributed by atoms with Gasteiger partial charge in [-0.1, -0.05) is 0 Å². The van der Waals surface area contributed by atoms with Gasteiger partial charge in [-0.3, -0.25) is 4.68 Å². The fraction of sp³-hybridized carbons (Fsp3) is 0.750. The number of aliphatic hydroxyl groups excluding tert-OH is 1. The SMILES string of the molecule is CC(C)OCCN(C)CC(O)Cn1cc(N)cn1. The number of anilines is 1. The zero-order chi connectivity index (χ0) is 13.5. The Balaban J connectivity index is 2.20. The molecule has 0 aliphatic rings. The van der Waals surface area contributed by atoms with Crippen molar-refractivity contribution in [3.05, 3.63) is 12.4 Å². The third-order valence-electron chi connectivity index (χ3n) is 2.50. The maximum Gasteiger partial charge on any atom is 0.0862 e. The largest absolute Gasteiger partial charge is 0.396 e. The van der Waals surface area contributed by atoms with Crippen molar-refractivity contribution in [1.29, 1.82) is 0 Å². The molecule has 0 saturated heterocycles. The Bertz CT molecular complexity index is 341. The summed E-state index contributed by atoms with van der Waals surface area (Å²) in [5, 5.41) is 13.9. The molecule has 0 aromatic carbocycles. The van der Waals surface area contributed by atoms with Gasteiger partial charge in [-0.05, 0) is 20.9 Å². The van der Waals surface area contributed by atoms with E-state index in [2.05, 4.69) is 5.10 Å². The molecule has 0 aliphatic heterocycles. The summed E-state index contributed by atoms with van der Waals surface area (Å²) in [5.74, 6) is 0. The molecule has 3 N–H and O–H groups in total. The van der Waals surface area contributed by atoms with Crippen LogP contribution in [0.3, 0.4) is 0 Å². The lowest BCUT2D eigenvalue weighted by Crippen LogP contribution is -2.34. The summed E-state index contributed by atoms with van der Waals surface area (Å²) in [4.78, 5) is 2.04. The van der Waals surface area contributed by atoms with Crippen LogP contribution in [0, 0.1) is 0 Å². The van der Waals surface area contributed by atoms with Crippen molar-refractivity contribution in [2.75, 3.05) is 32.5 Å². The molecule has 0 saturated carbocycles. The normalized spacial score (nSPS) is 13.4. The van der Waals surface area contributed by atoms with E-state index in [1.807, 2.05) is 25.8 Å². The van der Waals surface area contributed by atoms with Crippen molar-refractivity contribution in [3.8, 4) is 0 Å². The first-order valence-electron chi connectivity index (χ1n) is 6.23. The Hall–Kier alpha value is -1.11. The van der Waals surface area contributed by atoms with E-state index < -0.39 is 6.10 Å². The molecule has 1 unspecified atom stereocenters. The first kappa shape index (κ1) is 14.9. The number of hydrogen-bond donors (Lipinski definition) is 2. The molecule has 1 heterocycles. The minimum atomic E-state index is -0.464. The Kier molecular flexibility index (Phi) is 6.11. The molecule has 1 aromatic rings. The molecular formula is C12H24N4O2. The molecule has 1 aromatic heterocycles. The summed E-state index contributed by atoms with van der Waals surface area (Å²) in [7, 11) is 1.96. The number of nitrogens with two attached hydrogens (primary N) is 1. The predicted molar refractivity (Wildman–Crippen MR) is 71.2 cm³/mol. The third kappa shape index (κ3) is 6.00. The lowest BCUT2D eigenvalue weighted by Gasteiger charge is -2.21. The fourth-order valence-corrected chi connectivity index (χ4v) is 1.65. The Morgan fingerprint density at radius 1 is 1.56 bits per heavy atom. The predicted octanol–water partition coefficient (Wildman–Crippen LogP) is 0.183. The van der Waals surface area contributed by atoms with Crippen molar-refractivity contribution in [2.24, 2.45) is 0 Å². The molecule has 0 amide bonds. The summed E-state index contributed by atoms with van der Waals surface area (Å²) in [5.41, 5.74) is 6.17. The second-order valence-corrected chi connectivity index (χ2v) is 4.83. The van der Waals surface area contributed by atoms with Gasteiger partial charge in [0.15, 0.2) is 0 Å². The first-order chi connectivity index (χ1) is 8.47. The van der Waals surface area contributed by atoms with Gasteiger partial charge in [-0.2, -0.15) is 5.10 Å². The summed E-state index contributed by atoms with van der Waals surface area (Å²) in [6.45, 7) is 6.54. The summed E-state index contributed by atoms with van der Waals surface area (Å²) in [6, 6.07) is 0. The highest BCUT2D eigenvalue weighted by Gasteiger charge is 2.09. The number of nitrogens with zero attached hydrogens (tertiary/aromatic N) is 3. The van der Waals surface area contributed by atoms with Crippen LogP contribution < -0.4 is 5.73 Å². The van der Waals surface area contributed by atoms with E-state index in [9.17, 15) is 5.11 Å². The van der Waals surface area contributed by atoms with Crippen molar-refractivity contribution in [2.45, 2.75) is 32.6 Å². The van der Waals surface area contributed by atoms with Crippen LogP contribution in [-0.4, -0.2) is 58.7 Å². The molecule has 1 rings (SSSR count). The second kappa shape index (κ2) is 7.35. The fourth-order valence-electron chi connectivity index (χ4n) is 1.65. The molecule has 104 valence electrons. The Morgan fingerprint density at radius 3 is 2.83 bits per heavy atom. The average molecular weight is 256 g/mol. The molecule has 0 radical (unpaired) electrons. The van der Waals surface area contributed by atoms with Gasteiger partial charge in [0, 0.05) is 19.3 Å². The molecule has 18 heavy (non-hydrogen) atoms. The zero-order valence-corrected chi connectivity index (χ0v) is 11.4. The van der Waals surface area contributed by atoms with Crippen LogP contribution >= 0.6 is 0 Å². The molecule has 0 aliphatic carbocycles. The van der Waals surface area contributed by atoms with Gasteiger partial charge in [-0.25, -0.2) is 0 Å². The number of nitrogen functional groups attached to an aromatic ring is 1. The van der Waals surface area contributed by atoms with Crippen molar-refractivity contribution in [3.63, 3.8) is 0 Å². The van der Waals surface area contributed by atoms with Crippen LogP contribution in [0.4, 0.5) is 5.69 Å². The topological polar surface area (TPSA) is 76.5 Å². The highest BCUT2D eigenvalue weighted by Crippen LogP contribution is 2.00. The van der Waals surface area contributed by atoms with Crippen molar-refractivity contribution >= 4 is 5.69 Å². The highest BCUT2D eigenvalue weighted by molar-refractivity contribution is 5.30. The summed E-state index contributed by atoms with van der Waals surface area (Å²) < 4.78 is 7.11. The highest BCUT2D eigenvalue weighted by atomic mass is 16.5. The number of aromatic nitrogens is 2. The van der Waals surface area contributed by atoms with E-state index in [1.165, 1.54) is 0 Å². The van der Waals surface area contributed by atoms with Gasteiger partial charge >= 0.3 is 0 Å². The number of aliphatic hydroxyl groups is 1. The number of rotatable bonds is 8. The van der Waals surface area contributed by atoms with E-state index >= 15 is 0 Å². The smallest absolute Gasteiger partial charge is 0.0862 e. The molecule has 0 fully saturated rings. The lowest BCUT2D eigenvalue weighted by atomic mass is 10.3. The maximum absolute atomic E-state index is 9.91. The number of ether oxygens (including phenoxy) is 1. The third-order valence-corrected chi connectivity index (χ3v) is 2.50. The van der Waals surface area contributed by atoms with Crippen LogP contribution in [0.2, 0.25) is 0 Å². The summed E-state index contributed by atoms with van der Waals surface area (Å²) >= 11 is 0. The van der Waals surface area contributed by atoms with E-state index in [0.29, 0.717) is 25.4 Å². The Morgan fingerprint density at radius 2 is 2.28 bits per heavy atom. The van der Waals surface area contributed by atoms with Crippen LogP contribution in [0.5, 0.6) is 0 Å². The summed E-state index contributed by atoms with van der Waals surface area (Å²) in [6.07, 6.45) is 3.07. The zero-order valence-electron chi connectivity index (χ0n) is 11.4.